The van der Waals surface area contributed by atoms with Crippen molar-refractivity contribution in [2.45, 2.75) is 13.8 Å². The highest BCUT2D eigenvalue weighted by molar-refractivity contribution is 7.21. The second kappa shape index (κ2) is 7.23. The van der Waals surface area contributed by atoms with E-state index in [0.717, 1.165) is 32.2 Å². The molecule has 9 nitrogen and oxygen atoms in total. The minimum absolute atomic E-state index is 0.0935. The Bertz CT molecular complexity index is 1010. The average Bonchev–Trinajstić information content (AvgIpc) is 3.28. The summed E-state index contributed by atoms with van der Waals surface area (Å²) < 4.78 is 0.992. The molecule has 0 saturated heterocycles. The van der Waals surface area contributed by atoms with E-state index in [1.807, 2.05) is 25.1 Å². The number of thiazole rings is 1. The van der Waals surface area contributed by atoms with E-state index in [9.17, 15) is 4.79 Å². The van der Waals surface area contributed by atoms with E-state index in [0.29, 0.717) is 11.6 Å². The zero-order valence-corrected chi connectivity index (χ0v) is 15.0. The zero-order chi connectivity index (χ0) is 18.7. The van der Waals surface area contributed by atoms with Gasteiger partial charge in [-0.05, 0) is 31.2 Å². The van der Waals surface area contributed by atoms with Crippen molar-refractivity contribution in [3.05, 3.63) is 36.2 Å². The van der Waals surface area contributed by atoms with E-state index in [-0.39, 0.29) is 5.91 Å². The van der Waals surface area contributed by atoms with Crippen LogP contribution in [-0.4, -0.2) is 31.3 Å². The molecule has 26 heavy (non-hydrogen) atoms. The summed E-state index contributed by atoms with van der Waals surface area (Å²) in [5.74, 6) is 0.961. The van der Waals surface area contributed by atoms with Crippen LogP contribution in [0.3, 0.4) is 0 Å². The Morgan fingerprint density at radius 2 is 2.04 bits per heavy atom. The summed E-state index contributed by atoms with van der Waals surface area (Å²) in [5, 5.41) is 16.5. The van der Waals surface area contributed by atoms with Crippen LogP contribution >= 0.6 is 11.3 Å². The van der Waals surface area contributed by atoms with E-state index in [2.05, 4.69) is 30.7 Å². The highest BCUT2D eigenvalue weighted by atomic mass is 32.1. The molecule has 1 aromatic carbocycles. The van der Waals surface area contributed by atoms with Crippen LogP contribution in [0.15, 0.2) is 30.5 Å². The number of nitrogens with one attached hydrogen (secondary N) is 3. The molecule has 3 aromatic heterocycles. The van der Waals surface area contributed by atoms with Crippen LogP contribution in [0.4, 0.5) is 17.3 Å². The molecule has 0 aliphatic heterocycles. The summed E-state index contributed by atoms with van der Waals surface area (Å²) in [6.07, 6.45) is 1.61. The normalized spacial score (nSPS) is 10.4. The number of H-pyrrole nitrogens is 2. The van der Waals surface area contributed by atoms with Crippen LogP contribution in [0.1, 0.15) is 12.6 Å². The van der Waals surface area contributed by atoms with Crippen LogP contribution in [0.5, 0.6) is 0 Å². The number of nitrogens with two attached hydrogens (primary N) is 2. The van der Waals surface area contributed by atoms with E-state index in [1.54, 1.807) is 12.3 Å². The number of hydrogen-bond donors (Lipinski definition) is 5. The molecule has 0 radical (unpaired) electrons. The van der Waals surface area contributed by atoms with Gasteiger partial charge in [0.25, 0.3) is 0 Å². The summed E-state index contributed by atoms with van der Waals surface area (Å²) in [7, 11) is 0. The fraction of sp³-hybridized carbons (Fsp3) is 0.125. The Hall–Kier alpha value is -3.40. The number of rotatable bonds is 2. The molecule has 134 valence electrons. The largest absolute Gasteiger partial charge is 0.384 e. The van der Waals surface area contributed by atoms with E-state index >= 15 is 0 Å². The van der Waals surface area contributed by atoms with Crippen LogP contribution in [-0.2, 0) is 4.79 Å². The minimum atomic E-state index is -0.0935. The summed E-state index contributed by atoms with van der Waals surface area (Å²) in [5.41, 5.74) is 14.4. The fourth-order valence-electron chi connectivity index (χ4n) is 2.30. The lowest BCUT2D eigenvalue weighted by Crippen LogP contribution is -2.05. The van der Waals surface area contributed by atoms with Crippen molar-refractivity contribution >= 4 is 44.8 Å². The summed E-state index contributed by atoms with van der Waals surface area (Å²) in [4.78, 5) is 15.6. The number of anilines is 3. The smallest absolute Gasteiger partial charge is 0.221 e. The molecular formula is C16H18N8OS. The van der Waals surface area contributed by atoms with Gasteiger partial charge in [0.05, 0.1) is 22.0 Å². The molecule has 3 heterocycles. The number of nitrogens with zero attached hydrogens (tertiary/aromatic N) is 3. The maximum Gasteiger partial charge on any atom is 0.221 e. The SMILES string of the molecule is CC(=O)Nc1ccc2nc(-c3c(N)n[nH]c3C)sc2c1.Nc1ccn[nH]1. The van der Waals surface area contributed by atoms with Crippen LogP contribution in [0, 0.1) is 6.92 Å². The lowest BCUT2D eigenvalue weighted by atomic mass is 10.2. The molecule has 4 rings (SSSR count). The lowest BCUT2D eigenvalue weighted by molar-refractivity contribution is -0.114. The summed E-state index contributed by atoms with van der Waals surface area (Å²) in [6.45, 7) is 3.39. The number of carbonyl (C=O) groups excluding carboxylic acids is 1. The molecule has 0 fully saturated rings. The Morgan fingerprint density at radius 1 is 1.23 bits per heavy atom. The highest BCUT2D eigenvalue weighted by Gasteiger charge is 2.14. The molecule has 0 aliphatic carbocycles. The van der Waals surface area contributed by atoms with Crippen LogP contribution in [0.25, 0.3) is 20.8 Å². The van der Waals surface area contributed by atoms with Gasteiger partial charge in [0.2, 0.25) is 5.91 Å². The third-order valence-electron chi connectivity index (χ3n) is 3.42. The molecule has 0 atom stereocenters. The molecule has 0 saturated carbocycles. The van der Waals surface area contributed by atoms with E-state index in [4.69, 9.17) is 11.5 Å². The minimum Gasteiger partial charge on any atom is -0.384 e. The topological polar surface area (TPSA) is 151 Å². The molecular weight excluding hydrogens is 352 g/mol. The quantitative estimate of drug-likeness (QED) is 0.366. The Balaban J connectivity index is 0.000000278. The van der Waals surface area contributed by atoms with Crippen molar-refractivity contribution in [1.29, 1.82) is 0 Å². The molecule has 0 aliphatic rings. The van der Waals surface area contributed by atoms with Gasteiger partial charge in [-0.2, -0.15) is 10.2 Å². The molecule has 1 amide bonds. The predicted molar refractivity (Wildman–Crippen MR) is 104 cm³/mol. The zero-order valence-electron chi connectivity index (χ0n) is 14.2. The van der Waals surface area contributed by atoms with Gasteiger partial charge in [0, 0.05) is 18.3 Å². The molecule has 4 aromatic rings. The number of aromatic amines is 2. The third kappa shape index (κ3) is 3.81. The number of aromatic nitrogens is 5. The number of hydrogen-bond acceptors (Lipinski definition) is 7. The third-order valence-corrected chi connectivity index (χ3v) is 4.46. The Morgan fingerprint density at radius 3 is 2.58 bits per heavy atom. The number of carbonyl (C=O) groups is 1. The second-order valence-corrected chi connectivity index (χ2v) is 6.53. The number of aryl methyl sites for hydroxylation is 1. The van der Waals surface area contributed by atoms with Crippen molar-refractivity contribution < 1.29 is 4.79 Å². The van der Waals surface area contributed by atoms with Crippen molar-refractivity contribution in [2.24, 2.45) is 0 Å². The van der Waals surface area contributed by atoms with Crippen molar-refractivity contribution in [2.75, 3.05) is 16.8 Å². The maximum absolute atomic E-state index is 11.1. The number of nitrogen functional groups attached to an aromatic ring is 2. The summed E-state index contributed by atoms with van der Waals surface area (Å²) >= 11 is 1.52. The van der Waals surface area contributed by atoms with Crippen molar-refractivity contribution in [1.82, 2.24) is 25.4 Å². The number of fused-ring (bicyclic) bond motifs is 1. The molecule has 0 spiro atoms. The molecule has 10 heteroatoms. The first-order valence-electron chi connectivity index (χ1n) is 7.68. The van der Waals surface area contributed by atoms with E-state index < -0.39 is 0 Å². The van der Waals surface area contributed by atoms with Gasteiger partial charge in [0.1, 0.15) is 10.8 Å². The first-order chi connectivity index (χ1) is 12.4. The van der Waals surface area contributed by atoms with Crippen molar-refractivity contribution in [3.63, 3.8) is 0 Å². The number of amides is 1. The van der Waals surface area contributed by atoms with Gasteiger partial charge in [-0.15, -0.1) is 11.3 Å². The van der Waals surface area contributed by atoms with Gasteiger partial charge >= 0.3 is 0 Å². The van der Waals surface area contributed by atoms with Crippen molar-refractivity contribution in [3.8, 4) is 10.6 Å². The Kier molecular flexibility index (Phi) is 4.85. The summed E-state index contributed by atoms with van der Waals surface area (Å²) in [6, 6.07) is 7.31. The number of benzene rings is 1. The van der Waals surface area contributed by atoms with Gasteiger partial charge < -0.3 is 16.8 Å². The monoisotopic (exact) mass is 370 g/mol. The molecule has 0 bridgehead atoms. The van der Waals surface area contributed by atoms with Gasteiger partial charge in [0.15, 0.2) is 5.82 Å². The predicted octanol–water partition coefficient (Wildman–Crippen LogP) is 2.53. The standard InChI is InChI=1S/C13H13N5OS.C3H5N3/c1-6-11(12(14)18-17-6)13-16-9-4-3-8(15-7(2)19)5-10(9)20-13;4-3-1-2-5-6-3/h3-5H,1-2H3,(H,15,19)(H3,14,17,18);1-2H,(H3,4,5,6). The highest BCUT2D eigenvalue weighted by Crippen LogP contribution is 2.35. The van der Waals surface area contributed by atoms with Gasteiger partial charge in [-0.3, -0.25) is 15.0 Å². The fourth-order valence-corrected chi connectivity index (χ4v) is 3.41. The Labute approximate surface area is 152 Å². The first kappa shape index (κ1) is 17.4. The average molecular weight is 370 g/mol. The van der Waals surface area contributed by atoms with Gasteiger partial charge in [-0.1, -0.05) is 0 Å². The van der Waals surface area contributed by atoms with Crippen LogP contribution in [0.2, 0.25) is 0 Å². The molecule has 7 N–H and O–H groups in total. The second-order valence-electron chi connectivity index (χ2n) is 5.50. The lowest BCUT2D eigenvalue weighted by Gasteiger charge is -1.99. The molecule has 0 unspecified atom stereocenters. The van der Waals surface area contributed by atoms with E-state index in [1.165, 1.54) is 18.3 Å². The van der Waals surface area contributed by atoms with Gasteiger partial charge in [-0.25, -0.2) is 4.98 Å². The maximum atomic E-state index is 11.1. The first-order valence-corrected chi connectivity index (χ1v) is 8.49. The van der Waals surface area contributed by atoms with Crippen LogP contribution < -0.4 is 16.8 Å².